The van der Waals surface area contributed by atoms with Gasteiger partial charge in [0.1, 0.15) is 6.61 Å². The van der Waals surface area contributed by atoms with Crippen molar-refractivity contribution < 1.29 is 19.4 Å². The van der Waals surface area contributed by atoms with Crippen molar-refractivity contribution in [3.63, 3.8) is 0 Å². The normalized spacial score (nSPS) is 30.7. The summed E-state index contributed by atoms with van der Waals surface area (Å²) in [5.74, 6) is -0.407. The predicted octanol–water partition coefficient (Wildman–Crippen LogP) is 1.89. The number of hydrogen-bond acceptors (Lipinski definition) is 3. The van der Waals surface area contributed by atoms with Gasteiger partial charge in [-0.15, -0.1) is 0 Å². The summed E-state index contributed by atoms with van der Waals surface area (Å²) in [6, 6.07) is 0. The predicted molar refractivity (Wildman–Crippen MR) is 65.1 cm³/mol. The zero-order valence-corrected chi connectivity index (χ0v) is 10.4. The first-order valence-electron chi connectivity index (χ1n) is 6.36. The van der Waals surface area contributed by atoms with Crippen LogP contribution in [0.3, 0.4) is 0 Å². The van der Waals surface area contributed by atoms with E-state index < -0.39 is 11.4 Å². The van der Waals surface area contributed by atoms with Crippen LogP contribution in [-0.4, -0.2) is 41.8 Å². The van der Waals surface area contributed by atoms with Gasteiger partial charge in [-0.1, -0.05) is 12.7 Å². The van der Waals surface area contributed by atoms with Crippen molar-refractivity contribution >= 4 is 12.1 Å². The molecular formula is C13H19NO4. The van der Waals surface area contributed by atoms with E-state index in [0.717, 1.165) is 19.3 Å². The minimum Gasteiger partial charge on any atom is -0.481 e. The molecule has 5 heteroatoms. The Bertz CT molecular complexity index is 368. The fourth-order valence-electron chi connectivity index (χ4n) is 2.81. The SMILES string of the molecule is C=CCOC(=O)N1CCCC2CC2(C(=O)O)CC1. The Morgan fingerprint density at radius 3 is 2.94 bits per heavy atom. The number of nitrogens with zero attached hydrogens (tertiary/aromatic N) is 1. The molecule has 1 saturated carbocycles. The molecule has 0 bridgehead atoms. The molecule has 2 fully saturated rings. The zero-order valence-electron chi connectivity index (χ0n) is 10.4. The topological polar surface area (TPSA) is 66.8 Å². The molecule has 1 amide bonds. The molecule has 2 rings (SSSR count). The van der Waals surface area contributed by atoms with Gasteiger partial charge in [-0.05, 0) is 31.6 Å². The third kappa shape index (κ3) is 2.35. The number of ether oxygens (including phenoxy) is 1. The highest BCUT2D eigenvalue weighted by Gasteiger charge is 2.59. The van der Waals surface area contributed by atoms with Gasteiger partial charge in [0.15, 0.2) is 0 Å². The van der Waals surface area contributed by atoms with Gasteiger partial charge < -0.3 is 14.7 Å². The van der Waals surface area contributed by atoms with Crippen molar-refractivity contribution in [1.82, 2.24) is 4.90 Å². The van der Waals surface area contributed by atoms with Gasteiger partial charge in [-0.25, -0.2) is 4.79 Å². The molecule has 0 aromatic carbocycles. The maximum absolute atomic E-state index is 11.7. The summed E-state index contributed by atoms with van der Waals surface area (Å²) in [6.07, 6.45) is 4.20. The summed E-state index contributed by atoms with van der Waals surface area (Å²) in [6.45, 7) is 4.81. The average molecular weight is 253 g/mol. The van der Waals surface area contributed by atoms with Gasteiger partial charge >= 0.3 is 12.1 Å². The van der Waals surface area contributed by atoms with Crippen LogP contribution in [0.5, 0.6) is 0 Å². The molecule has 0 aromatic heterocycles. The molecular weight excluding hydrogens is 234 g/mol. The van der Waals surface area contributed by atoms with Crippen molar-refractivity contribution in [2.75, 3.05) is 19.7 Å². The van der Waals surface area contributed by atoms with Crippen molar-refractivity contribution in [2.24, 2.45) is 11.3 Å². The fourth-order valence-corrected chi connectivity index (χ4v) is 2.81. The molecule has 1 aliphatic heterocycles. The molecule has 0 radical (unpaired) electrons. The number of likely N-dealkylation sites (tertiary alicyclic amines) is 1. The Labute approximate surface area is 106 Å². The molecule has 1 heterocycles. The van der Waals surface area contributed by atoms with Gasteiger partial charge in [-0.2, -0.15) is 0 Å². The van der Waals surface area contributed by atoms with E-state index >= 15 is 0 Å². The number of carboxylic acids is 1. The molecule has 1 N–H and O–H groups in total. The first-order valence-corrected chi connectivity index (χ1v) is 6.36. The van der Waals surface area contributed by atoms with Crippen LogP contribution in [0.4, 0.5) is 4.79 Å². The van der Waals surface area contributed by atoms with Crippen LogP contribution in [0.1, 0.15) is 25.7 Å². The van der Waals surface area contributed by atoms with E-state index in [4.69, 9.17) is 4.74 Å². The first kappa shape index (κ1) is 12.9. The Kier molecular flexibility index (Phi) is 3.59. The quantitative estimate of drug-likeness (QED) is 0.780. The third-order valence-electron chi connectivity index (χ3n) is 4.05. The van der Waals surface area contributed by atoms with E-state index in [2.05, 4.69) is 6.58 Å². The average Bonchev–Trinajstić information content (AvgIpc) is 3.00. The monoisotopic (exact) mass is 253 g/mol. The smallest absolute Gasteiger partial charge is 0.410 e. The molecule has 0 aromatic rings. The van der Waals surface area contributed by atoms with Crippen molar-refractivity contribution in [1.29, 1.82) is 0 Å². The van der Waals surface area contributed by atoms with E-state index in [-0.39, 0.29) is 12.7 Å². The Hall–Kier alpha value is -1.52. The van der Waals surface area contributed by atoms with Crippen molar-refractivity contribution in [3.05, 3.63) is 12.7 Å². The van der Waals surface area contributed by atoms with E-state index in [1.54, 1.807) is 4.90 Å². The van der Waals surface area contributed by atoms with Crippen molar-refractivity contribution in [2.45, 2.75) is 25.7 Å². The number of carbonyl (C=O) groups is 2. The fraction of sp³-hybridized carbons (Fsp3) is 0.692. The molecule has 1 saturated heterocycles. The molecule has 2 atom stereocenters. The van der Waals surface area contributed by atoms with E-state index in [1.165, 1.54) is 6.08 Å². The summed E-state index contributed by atoms with van der Waals surface area (Å²) in [7, 11) is 0. The molecule has 5 nitrogen and oxygen atoms in total. The highest BCUT2D eigenvalue weighted by molar-refractivity contribution is 5.78. The largest absolute Gasteiger partial charge is 0.481 e. The second kappa shape index (κ2) is 5.00. The molecule has 2 unspecified atom stereocenters. The van der Waals surface area contributed by atoms with Gasteiger partial charge in [-0.3, -0.25) is 4.79 Å². The van der Waals surface area contributed by atoms with E-state index in [9.17, 15) is 14.7 Å². The summed E-state index contributed by atoms with van der Waals surface area (Å²) in [5, 5.41) is 9.27. The number of rotatable bonds is 3. The number of amides is 1. The number of carboxylic acid groups (broad SMARTS) is 1. The summed E-state index contributed by atoms with van der Waals surface area (Å²) < 4.78 is 4.99. The Morgan fingerprint density at radius 2 is 2.28 bits per heavy atom. The zero-order chi connectivity index (χ0) is 13.2. The van der Waals surface area contributed by atoms with E-state index in [0.29, 0.717) is 25.4 Å². The standard InChI is InChI=1S/C13H19NO4/c1-2-8-18-12(17)14-6-3-4-10-9-13(10,5-7-14)11(15)16/h2,10H,1,3-9H2,(H,15,16). The molecule has 18 heavy (non-hydrogen) atoms. The van der Waals surface area contributed by atoms with Crippen LogP contribution in [0.15, 0.2) is 12.7 Å². The Morgan fingerprint density at radius 1 is 1.50 bits per heavy atom. The summed E-state index contributed by atoms with van der Waals surface area (Å²) >= 11 is 0. The lowest BCUT2D eigenvalue weighted by Crippen LogP contribution is -2.37. The third-order valence-corrected chi connectivity index (χ3v) is 4.05. The summed E-state index contributed by atoms with van der Waals surface area (Å²) in [5.41, 5.74) is -0.572. The van der Waals surface area contributed by atoms with Gasteiger partial charge in [0.05, 0.1) is 5.41 Å². The number of carbonyl (C=O) groups excluding carboxylic acids is 1. The van der Waals surface area contributed by atoms with Gasteiger partial charge in [0, 0.05) is 13.1 Å². The second-order valence-electron chi connectivity index (χ2n) is 5.11. The van der Waals surface area contributed by atoms with Crippen LogP contribution in [0.2, 0.25) is 0 Å². The molecule has 0 spiro atoms. The maximum Gasteiger partial charge on any atom is 0.410 e. The minimum atomic E-state index is -0.714. The van der Waals surface area contributed by atoms with E-state index in [1.807, 2.05) is 0 Å². The number of fused-ring (bicyclic) bond motifs is 1. The molecule has 2 aliphatic rings. The molecule has 100 valence electrons. The number of hydrogen-bond donors (Lipinski definition) is 1. The van der Waals surface area contributed by atoms with Crippen LogP contribution in [0.25, 0.3) is 0 Å². The lowest BCUT2D eigenvalue weighted by atomic mass is 9.95. The van der Waals surface area contributed by atoms with Crippen LogP contribution in [0, 0.1) is 11.3 Å². The first-order chi connectivity index (χ1) is 8.60. The van der Waals surface area contributed by atoms with Crippen LogP contribution in [-0.2, 0) is 9.53 Å². The second-order valence-corrected chi connectivity index (χ2v) is 5.11. The van der Waals surface area contributed by atoms with Crippen LogP contribution >= 0.6 is 0 Å². The molecule has 1 aliphatic carbocycles. The number of aliphatic carboxylic acids is 1. The van der Waals surface area contributed by atoms with Gasteiger partial charge in [0.2, 0.25) is 0 Å². The minimum absolute atomic E-state index is 0.196. The summed E-state index contributed by atoms with van der Waals surface area (Å²) in [4.78, 5) is 24.6. The Balaban J connectivity index is 1.93. The lowest BCUT2D eigenvalue weighted by molar-refractivity contribution is -0.144. The van der Waals surface area contributed by atoms with Crippen LogP contribution < -0.4 is 0 Å². The highest BCUT2D eigenvalue weighted by atomic mass is 16.6. The maximum atomic E-state index is 11.7. The highest BCUT2D eigenvalue weighted by Crippen LogP contribution is 2.58. The van der Waals surface area contributed by atoms with Gasteiger partial charge in [0.25, 0.3) is 0 Å². The van der Waals surface area contributed by atoms with Crippen molar-refractivity contribution in [3.8, 4) is 0 Å². The lowest BCUT2D eigenvalue weighted by Gasteiger charge is -2.26.